The number of ether oxygens (including phenoxy) is 1. The highest BCUT2D eigenvalue weighted by atomic mass is 16.5. The van der Waals surface area contributed by atoms with Crippen LogP contribution < -0.4 is 0 Å². The lowest BCUT2D eigenvalue weighted by Gasteiger charge is -2.19. The molecule has 3 nitrogen and oxygen atoms in total. The van der Waals surface area contributed by atoms with Crippen molar-refractivity contribution >= 4 is 5.91 Å². The molecule has 0 unspecified atom stereocenters. The Labute approximate surface area is 68.3 Å². The molecule has 0 saturated heterocycles. The molecule has 11 heavy (non-hydrogen) atoms. The molecular formula is C8H17NO2. The van der Waals surface area contributed by atoms with Crippen LogP contribution in [0.1, 0.15) is 20.8 Å². The summed E-state index contributed by atoms with van der Waals surface area (Å²) in [7, 11) is 3.45. The number of hydrogen-bond donors (Lipinski definition) is 0. The van der Waals surface area contributed by atoms with Crippen molar-refractivity contribution in [1.29, 1.82) is 0 Å². The number of rotatable bonds is 3. The lowest BCUT2D eigenvalue weighted by molar-refractivity contribution is -0.142. The molecule has 1 atom stereocenters. The fraction of sp³-hybridized carbons (Fsp3) is 0.875. The first-order chi connectivity index (χ1) is 4.95. The Bertz CT molecular complexity index is 132. The second kappa shape index (κ2) is 4.34. The molecule has 0 spiro atoms. The quantitative estimate of drug-likeness (QED) is 0.612. The van der Waals surface area contributed by atoms with E-state index in [9.17, 15) is 4.79 Å². The van der Waals surface area contributed by atoms with Crippen LogP contribution in [0.3, 0.4) is 0 Å². The summed E-state index contributed by atoms with van der Waals surface area (Å²) in [5, 5.41) is 0. The van der Waals surface area contributed by atoms with Gasteiger partial charge in [0.25, 0.3) is 5.91 Å². The first kappa shape index (κ1) is 10.4. The molecule has 1 amide bonds. The molecule has 0 saturated carbocycles. The van der Waals surface area contributed by atoms with Gasteiger partial charge in [-0.15, -0.1) is 0 Å². The van der Waals surface area contributed by atoms with Crippen molar-refractivity contribution in [2.24, 2.45) is 0 Å². The molecule has 0 bridgehead atoms. The van der Waals surface area contributed by atoms with Crippen LogP contribution in [0.5, 0.6) is 0 Å². The third-order valence-corrected chi connectivity index (χ3v) is 1.26. The lowest BCUT2D eigenvalue weighted by Crippen LogP contribution is -2.34. The van der Waals surface area contributed by atoms with Gasteiger partial charge in [0.2, 0.25) is 0 Å². The minimum atomic E-state index is -0.329. The maximum absolute atomic E-state index is 11.2. The summed E-state index contributed by atoms with van der Waals surface area (Å²) in [6, 6.07) is 0. The van der Waals surface area contributed by atoms with Gasteiger partial charge in [-0.2, -0.15) is 0 Å². The van der Waals surface area contributed by atoms with Crippen molar-refractivity contribution in [2.45, 2.75) is 33.0 Å². The Kier molecular flexibility index (Phi) is 4.11. The molecule has 0 aromatic rings. The third kappa shape index (κ3) is 3.98. The second-order valence-electron chi connectivity index (χ2n) is 3.06. The predicted octanol–water partition coefficient (Wildman–Crippen LogP) is 0.888. The van der Waals surface area contributed by atoms with E-state index in [-0.39, 0.29) is 18.1 Å². The topological polar surface area (TPSA) is 29.5 Å². The maximum atomic E-state index is 11.2. The minimum Gasteiger partial charge on any atom is -0.366 e. The molecule has 3 heteroatoms. The molecule has 0 aromatic carbocycles. The first-order valence-electron chi connectivity index (χ1n) is 3.81. The highest BCUT2D eigenvalue weighted by Gasteiger charge is 2.15. The number of hydrogen-bond acceptors (Lipinski definition) is 2. The van der Waals surface area contributed by atoms with Gasteiger partial charge in [0.05, 0.1) is 6.10 Å². The Hall–Kier alpha value is -0.570. The van der Waals surface area contributed by atoms with E-state index >= 15 is 0 Å². The Balaban J connectivity index is 3.83. The zero-order chi connectivity index (χ0) is 9.02. The monoisotopic (exact) mass is 159 g/mol. The number of nitrogens with zero attached hydrogens (tertiary/aromatic N) is 1. The number of amides is 1. The van der Waals surface area contributed by atoms with Crippen LogP contribution in [0.15, 0.2) is 0 Å². The molecule has 0 radical (unpaired) electrons. The fourth-order valence-electron chi connectivity index (χ4n) is 0.830. The summed E-state index contributed by atoms with van der Waals surface area (Å²) in [6.45, 7) is 5.60. The number of likely N-dealkylation sites (N-methyl/N-ethyl adjacent to an activating group) is 1. The van der Waals surface area contributed by atoms with Crippen molar-refractivity contribution in [3.05, 3.63) is 0 Å². The van der Waals surface area contributed by atoms with Gasteiger partial charge in [-0.25, -0.2) is 0 Å². The summed E-state index contributed by atoms with van der Waals surface area (Å²) < 4.78 is 5.28. The number of carbonyl (C=O) groups is 1. The van der Waals surface area contributed by atoms with Gasteiger partial charge in [-0.3, -0.25) is 4.79 Å². The van der Waals surface area contributed by atoms with E-state index in [4.69, 9.17) is 4.74 Å². The molecule has 0 fully saturated rings. The highest BCUT2D eigenvalue weighted by Crippen LogP contribution is 1.99. The van der Waals surface area contributed by atoms with Crippen molar-refractivity contribution in [2.75, 3.05) is 14.1 Å². The molecule has 0 heterocycles. The van der Waals surface area contributed by atoms with Crippen LogP contribution in [0.2, 0.25) is 0 Å². The zero-order valence-electron chi connectivity index (χ0n) is 7.92. The van der Waals surface area contributed by atoms with Crippen molar-refractivity contribution in [3.8, 4) is 0 Å². The Morgan fingerprint density at radius 1 is 1.27 bits per heavy atom. The zero-order valence-corrected chi connectivity index (χ0v) is 7.92. The average molecular weight is 159 g/mol. The summed E-state index contributed by atoms with van der Waals surface area (Å²) in [4.78, 5) is 12.7. The first-order valence-corrected chi connectivity index (χ1v) is 3.81. The Morgan fingerprint density at radius 3 is 2.00 bits per heavy atom. The molecular weight excluding hydrogens is 142 g/mol. The van der Waals surface area contributed by atoms with E-state index in [0.717, 1.165) is 0 Å². The van der Waals surface area contributed by atoms with Gasteiger partial charge in [-0.05, 0) is 20.8 Å². The molecule has 0 rings (SSSR count). The lowest BCUT2D eigenvalue weighted by atomic mass is 10.3. The van der Waals surface area contributed by atoms with E-state index in [2.05, 4.69) is 0 Å². The van der Waals surface area contributed by atoms with Crippen LogP contribution in [-0.2, 0) is 9.53 Å². The highest BCUT2D eigenvalue weighted by molar-refractivity contribution is 5.79. The van der Waals surface area contributed by atoms with Crippen LogP contribution in [-0.4, -0.2) is 37.1 Å². The van der Waals surface area contributed by atoms with E-state index in [1.165, 1.54) is 4.90 Å². The SMILES string of the molecule is CC(C)O[C@@H](C)C(=O)N(C)C. The molecule has 0 aliphatic rings. The fourth-order valence-corrected chi connectivity index (χ4v) is 0.830. The van der Waals surface area contributed by atoms with Crippen LogP contribution in [0.25, 0.3) is 0 Å². The van der Waals surface area contributed by atoms with Gasteiger partial charge >= 0.3 is 0 Å². The molecule has 0 aromatic heterocycles. The van der Waals surface area contributed by atoms with Gasteiger partial charge in [-0.1, -0.05) is 0 Å². The second-order valence-corrected chi connectivity index (χ2v) is 3.06. The van der Waals surface area contributed by atoms with Crippen molar-refractivity contribution < 1.29 is 9.53 Å². The van der Waals surface area contributed by atoms with Gasteiger partial charge in [0, 0.05) is 14.1 Å². The van der Waals surface area contributed by atoms with Crippen LogP contribution in [0.4, 0.5) is 0 Å². The number of carbonyl (C=O) groups excluding carboxylic acids is 1. The molecule has 0 N–H and O–H groups in total. The predicted molar refractivity (Wildman–Crippen MR) is 44.4 cm³/mol. The van der Waals surface area contributed by atoms with Gasteiger partial charge in [0.15, 0.2) is 0 Å². The summed E-state index contributed by atoms with van der Waals surface area (Å²) >= 11 is 0. The van der Waals surface area contributed by atoms with E-state index in [0.29, 0.717) is 0 Å². The summed E-state index contributed by atoms with van der Waals surface area (Å²) in [5.41, 5.74) is 0. The Morgan fingerprint density at radius 2 is 1.73 bits per heavy atom. The van der Waals surface area contributed by atoms with Gasteiger partial charge < -0.3 is 9.64 Å². The van der Waals surface area contributed by atoms with Crippen molar-refractivity contribution in [3.63, 3.8) is 0 Å². The van der Waals surface area contributed by atoms with E-state index < -0.39 is 0 Å². The van der Waals surface area contributed by atoms with Crippen LogP contribution in [0, 0.1) is 0 Å². The minimum absolute atomic E-state index is 0.0127. The van der Waals surface area contributed by atoms with Gasteiger partial charge in [0.1, 0.15) is 6.10 Å². The standard InChI is InChI=1S/C8H17NO2/c1-6(2)11-7(3)8(10)9(4)5/h6-7H,1-5H3/t7-/m0/s1. The smallest absolute Gasteiger partial charge is 0.250 e. The van der Waals surface area contributed by atoms with Crippen molar-refractivity contribution in [1.82, 2.24) is 4.90 Å². The average Bonchev–Trinajstić information content (AvgIpc) is 1.84. The van der Waals surface area contributed by atoms with Crippen LogP contribution >= 0.6 is 0 Å². The molecule has 0 aliphatic carbocycles. The normalized spacial score (nSPS) is 13.3. The maximum Gasteiger partial charge on any atom is 0.250 e. The molecule has 0 aliphatic heterocycles. The summed E-state index contributed by atoms with van der Waals surface area (Å²) in [6.07, 6.45) is -0.223. The molecule has 66 valence electrons. The third-order valence-electron chi connectivity index (χ3n) is 1.26. The summed E-state index contributed by atoms with van der Waals surface area (Å²) in [5.74, 6) is 0.0127. The largest absolute Gasteiger partial charge is 0.366 e. The van der Waals surface area contributed by atoms with E-state index in [1.54, 1.807) is 21.0 Å². The van der Waals surface area contributed by atoms with E-state index in [1.807, 2.05) is 13.8 Å².